The number of benzene rings is 3. The second-order valence-electron chi connectivity index (χ2n) is 6.47. The van der Waals surface area contributed by atoms with Crippen LogP contribution in [0.4, 0.5) is 11.4 Å². The highest BCUT2D eigenvalue weighted by Gasteiger charge is 2.18. The van der Waals surface area contributed by atoms with E-state index in [1.165, 1.54) is 39.5 Å². The number of carbonyl (C=O) groups excluding carboxylic acids is 2. The minimum Gasteiger partial charge on any atom is -0.493 e. The lowest BCUT2D eigenvalue weighted by Crippen LogP contribution is -2.11. The van der Waals surface area contributed by atoms with Crippen molar-refractivity contribution in [1.29, 1.82) is 0 Å². The molecule has 1 amide bonds. The van der Waals surface area contributed by atoms with Gasteiger partial charge in [-0.3, -0.25) is 4.79 Å². The zero-order chi connectivity index (χ0) is 23.8. The van der Waals surface area contributed by atoms with Gasteiger partial charge in [0.1, 0.15) is 0 Å². The monoisotopic (exact) mass is 469 g/mol. The number of amides is 1. The summed E-state index contributed by atoms with van der Waals surface area (Å²) in [5, 5.41) is 8.03. The Bertz CT molecular complexity index is 1160. The van der Waals surface area contributed by atoms with Crippen LogP contribution in [0.5, 0.6) is 17.2 Å². The van der Waals surface area contributed by atoms with Crippen LogP contribution in [0.1, 0.15) is 20.7 Å². The number of hydrogen-bond donors (Lipinski definition) is 1. The first-order valence-electron chi connectivity index (χ1n) is 9.54. The summed E-state index contributed by atoms with van der Waals surface area (Å²) in [6.45, 7) is 0. The molecule has 33 heavy (non-hydrogen) atoms. The van der Waals surface area contributed by atoms with Crippen molar-refractivity contribution in [3.8, 4) is 17.2 Å². The minimum atomic E-state index is -0.662. The van der Waals surface area contributed by atoms with Crippen molar-refractivity contribution in [2.24, 2.45) is 10.2 Å². The highest BCUT2D eigenvalue weighted by Crippen LogP contribution is 2.38. The molecule has 0 heterocycles. The Balaban J connectivity index is 1.62. The average molecular weight is 470 g/mol. The quantitative estimate of drug-likeness (QED) is 0.344. The number of nitrogens with zero attached hydrogens (tertiary/aromatic N) is 2. The number of nitrogens with one attached hydrogen (secondary N) is 1. The fourth-order valence-corrected chi connectivity index (χ4v) is 2.93. The second-order valence-corrected chi connectivity index (χ2v) is 6.90. The van der Waals surface area contributed by atoms with Gasteiger partial charge in [0, 0.05) is 10.6 Å². The molecule has 10 heteroatoms. The molecule has 9 nitrogen and oxygen atoms in total. The van der Waals surface area contributed by atoms with Gasteiger partial charge in [0.05, 0.1) is 38.3 Å². The Morgan fingerprint density at radius 3 is 2.09 bits per heavy atom. The smallest absolute Gasteiger partial charge is 0.363 e. The van der Waals surface area contributed by atoms with Crippen LogP contribution in [0.3, 0.4) is 0 Å². The highest BCUT2D eigenvalue weighted by atomic mass is 35.5. The number of methoxy groups -OCH3 is 3. The Labute approximate surface area is 194 Å². The van der Waals surface area contributed by atoms with Gasteiger partial charge in [-0.25, -0.2) is 10.3 Å². The van der Waals surface area contributed by atoms with Crippen molar-refractivity contribution < 1.29 is 28.6 Å². The summed E-state index contributed by atoms with van der Waals surface area (Å²) in [5.41, 5.74) is 4.01. The number of halogens is 1. The molecule has 0 aliphatic carbocycles. The largest absolute Gasteiger partial charge is 0.493 e. The molecule has 0 radical (unpaired) electrons. The molecular formula is C23H20ClN3O6. The Morgan fingerprint density at radius 1 is 0.848 bits per heavy atom. The molecule has 0 atom stereocenters. The highest BCUT2D eigenvalue weighted by molar-refractivity contribution is 6.30. The van der Waals surface area contributed by atoms with Gasteiger partial charge in [-0.1, -0.05) is 17.7 Å². The van der Waals surface area contributed by atoms with Gasteiger partial charge in [-0.15, -0.1) is 10.2 Å². The van der Waals surface area contributed by atoms with Crippen LogP contribution < -0.4 is 19.7 Å². The normalized spacial score (nSPS) is 10.5. The first-order valence-corrected chi connectivity index (χ1v) is 9.92. The van der Waals surface area contributed by atoms with E-state index in [0.29, 0.717) is 39.2 Å². The van der Waals surface area contributed by atoms with Crippen LogP contribution in [0.15, 0.2) is 70.9 Å². The number of hydrogen-bond acceptors (Lipinski definition) is 8. The Kier molecular flexibility index (Phi) is 7.82. The van der Waals surface area contributed by atoms with Gasteiger partial charge in [-0.2, -0.15) is 0 Å². The Morgan fingerprint density at radius 2 is 1.52 bits per heavy atom. The molecule has 0 aliphatic heterocycles. The van der Waals surface area contributed by atoms with Crippen molar-refractivity contribution in [3.05, 3.63) is 76.8 Å². The maximum absolute atomic E-state index is 12.4. The third-order valence-corrected chi connectivity index (χ3v) is 4.59. The fourth-order valence-electron chi connectivity index (χ4n) is 2.74. The van der Waals surface area contributed by atoms with Crippen LogP contribution in [0.25, 0.3) is 0 Å². The SMILES string of the molecule is COc1cc(C(=O)ONc2ccc(N=NC(=O)c3cccc(Cl)c3)cc2)cc(OC)c1OC. The molecule has 170 valence electrons. The van der Waals surface area contributed by atoms with Gasteiger partial charge < -0.3 is 19.0 Å². The third kappa shape index (κ3) is 5.98. The molecule has 0 bridgehead atoms. The zero-order valence-electron chi connectivity index (χ0n) is 18.0. The minimum absolute atomic E-state index is 0.196. The molecule has 3 rings (SSSR count). The maximum Gasteiger partial charge on any atom is 0.363 e. The molecule has 0 spiro atoms. The number of rotatable bonds is 8. The summed E-state index contributed by atoms with van der Waals surface area (Å²) in [6.07, 6.45) is 0. The predicted molar refractivity (Wildman–Crippen MR) is 122 cm³/mol. The summed E-state index contributed by atoms with van der Waals surface area (Å²) >= 11 is 5.87. The molecule has 0 saturated carbocycles. The molecule has 0 unspecified atom stereocenters. The van der Waals surface area contributed by atoms with E-state index >= 15 is 0 Å². The van der Waals surface area contributed by atoms with Gasteiger partial charge in [0.25, 0.3) is 5.91 Å². The van der Waals surface area contributed by atoms with Crippen molar-refractivity contribution in [1.82, 2.24) is 0 Å². The molecule has 0 aliphatic rings. The lowest BCUT2D eigenvalue weighted by atomic mass is 10.2. The lowest BCUT2D eigenvalue weighted by Gasteiger charge is -2.14. The first-order chi connectivity index (χ1) is 15.9. The van der Waals surface area contributed by atoms with Crippen LogP contribution >= 0.6 is 11.6 Å². The number of anilines is 1. The average Bonchev–Trinajstić information content (AvgIpc) is 2.85. The summed E-state index contributed by atoms with van der Waals surface area (Å²) in [7, 11) is 4.37. The van der Waals surface area contributed by atoms with Crippen molar-refractivity contribution in [2.75, 3.05) is 26.8 Å². The van der Waals surface area contributed by atoms with Gasteiger partial charge in [-0.05, 0) is 54.6 Å². The van der Waals surface area contributed by atoms with E-state index in [4.69, 9.17) is 30.6 Å². The summed E-state index contributed by atoms with van der Waals surface area (Å²) in [4.78, 5) is 29.6. The maximum atomic E-state index is 12.4. The number of ether oxygens (including phenoxy) is 3. The van der Waals surface area contributed by atoms with E-state index < -0.39 is 11.9 Å². The molecular weight excluding hydrogens is 450 g/mol. The van der Waals surface area contributed by atoms with E-state index in [9.17, 15) is 9.59 Å². The lowest BCUT2D eigenvalue weighted by molar-refractivity contribution is 0.0595. The summed E-state index contributed by atoms with van der Waals surface area (Å²) in [6, 6.07) is 15.8. The molecule has 0 aromatic heterocycles. The zero-order valence-corrected chi connectivity index (χ0v) is 18.8. The molecule has 1 N–H and O–H groups in total. The van der Waals surface area contributed by atoms with Crippen molar-refractivity contribution in [3.63, 3.8) is 0 Å². The molecule has 3 aromatic rings. The van der Waals surface area contributed by atoms with E-state index in [-0.39, 0.29) is 5.56 Å². The van der Waals surface area contributed by atoms with Gasteiger partial charge in [0.2, 0.25) is 5.75 Å². The topological polar surface area (TPSA) is 108 Å². The molecule has 0 fully saturated rings. The fraction of sp³-hybridized carbons (Fsp3) is 0.130. The van der Waals surface area contributed by atoms with E-state index in [0.717, 1.165) is 0 Å². The number of carbonyl (C=O) groups is 2. The van der Waals surface area contributed by atoms with E-state index in [1.807, 2.05) is 0 Å². The van der Waals surface area contributed by atoms with Crippen LogP contribution in [-0.4, -0.2) is 33.2 Å². The van der Waals surface area contributed by atoms with Crippen LogP contribution in [-0.2, 0) is 4.84 Å². The summed E-state index contributed by atoms with van der Waals surface area (Å²) < 4.78 is 15.7. The Hall–Kier alpha value is -4.11. The van der Waals surface area contributed by atoms with Crippen LogP contribution in [0.2, 0.25) is 5.02 Å². The standard InChI is InChI=1S/C23H20ClN3O6/c1-30-19-12-15(13-20(31-2)21(19)32-3)23(29)33-27-18-9-7-17(8-10-18)25-26-22(28)14-5-4-6-16(24)11-14/h4-13,27H,1-3H3. The van der Waals surface area contributed by atoms with E-state index in [2.05, 4.69) is 15.7 Å². The molecule has 0 saturated heterocycles. The van der Waals surface area contributed by atoms with Crippen molar-refractivity contribution >= 4 is 34.9 Å². The predicted octanol–water partition coefficient (Wildman–Crippen LogP) is 5.47. The second kappa shape index (κ2) is 11.0. The summed E-state index contributed by atoms with van der Waals surface area (Å²) in [5.74, 6) is -0.163. The first kappa shape index (κ1) is 23.6. The molecule has 3 aromatic carbocycles. The van der Waals surface area contributed by atoms with Gasteiger partial charge >= 0.3 is 5.97 Å². The van der Waals surface area contributed by atoms with Crippen molar-refractivity contribution in [2.45, 2.75) is 0 Å². The van der Waals surface area contributed by atoms with E-state index in [1.54, 1.807) is 42.5 Å². The van der Waals surface area contributed by atoms with Gasteiger partial charge in [0.15, 0.2) is 11.5 Å². The number of azo groups is 1. The van der Waals surface area contributed by atoms with Crippen LogP contribution in [0, 0.1) is 0 Å². The third-order valence-electron chi connectivity index (χ3n) is 4.36.